The van der Waals surface area contributed by atoms with Crippen LogP contribution >= 0.6 is 0 Å². The van der Waals surface area contributed by atoms with E-state index >= 15 is 0 Å². The van der Waals surface area contributed by atoms with Crippen LogP contribution in [0, 0.1) is 5.92 Å². The molecule has 0 aliphatic carbocycles. The van der Waals surface area contributed by atoms with Crippen LogP contribution < -0.4 is 32.1 Å². The molecule has 0 bridgehead atoms. The molecule has 3 aromatic carbocycles. The average molecular weight is 918 g/mol. The zero-order valence-corrected chi connectivity index (χ0v) is 36.5. The van der Waals surface area contributed by atoms with E-state index in [0.717, 1.165) is 18.1 Å². The summed E-state index contributed by atoms with van der Waals surface area (Å²) in [5.74, 6) is -9.46. The van der Waals surface area contributed by atoms with E-state index in [1.165, 1.54) is 4.90 Å². The van der Waals surface area contributed by atoms with Crippen LogP contribution in [0.4, 0.5) is 4.79 Å². The van der Waals surface area contributed by atoms with Crippen LogP contribution in [0.2, 0.25) is 0 Å². The Morgan fingerprint density at radius 3 is 1.68 bits per heavy atom. The lowest BCUT2D eigenvalue weighted by Gasteiger charge is -2.28. The number of rotatable bonds is 24. The fourth-order valence-electron chi connectivity index (χ4n) is 6.48. The SMILES string of the molecule is CC[C@H](C)[C@H](NC(=O)OCc1ccccc1)C(=O)N[C@@H](CCC(=O)O)C(=O)N[C@H](C(=O)N[C@@H](CC(=O)O)C(=O)NNC(=O)C1OC1C(=O)N(Cc1ccccc1)Cc1ccccc1)[C@@H](C)O. The van der Waals surface area contributed by atoms with Gasteiger partial charge < -0.3 is 51.0 Å². The molecule has 3 aromatic rings. The van der Waals surface area contributed by atoms with E-state index in [-0.39, 0.29) is 19.7 Å². The van der Waals surface area contributed by atoms with E-state index in [4.69, 9.17) is 9.47 Å². The molecule has 0 saturated carbocycles. The smallest absolute Gasteiger partial charge is 0.408 e. The molecule has 66 heavy (non-hydrogen) atoms. The predicted molar refractivity (Wildman–Crippen MR) is 232 cm³/mol. The van der Waals surface area contributed by atoms with Crippen LogP contribution in [-0.2, 0) is 67.5 Å². The van der Waals surface area contributed by atoms with E-state index in [0.29, 0.717) is 12.0 Å². The number of hydrogen-bond acceptors (Lipinski definition) is 12. The van der Waals surface area contributed by atoms with Gasteiger partial charge in [-0.05, 0) is 36.0 Å². The first-order chi connectivity index (χ1) is 31.5. The summed E-state index contributed by atoms with van der Waals surface area (Å²) < 4.78 is 10.6. The Bertz CT molecular complexity index is 2120. The van der Waals surface area contributed by atoms with Gasteiger partial charge in [-0.3, -0.25) is 49.2 Å². The molecule has 21 heteroatoms. The van der Waals surface area contributed by atoms with Crippen LogP contribution in [0.5, 0.6) is 0 Å². The molecule has 1 saturated heterocycles. The predicted octanol–water partition coefficient (Wildman–Crippen LogP) is 0.646. The maximum atomic E-state index is 13.6. The van der Waals surface area contributed by atoms with E-state index in [9.17, 15) is 58.5 Å². The highest BCUT2D eigenvalue weighted by atomic mass is 16.6. The van der Waals surface area contributed by atoms with Gasteiger partial charge in [0.2, 0.25) is 17.7 Å². The number of epoxide rings is 1. The van der Waals surface area contributed by atoms with E-state index in [1.54, 1.807) is 44.2 Å². The fourth-order valence-corrected chi connectivity index (χ4v) is 6.48. The molecule has 354 valence electrons. The molecular formula is C45H55N7O14. The van der Waals surface area contributed by atoms with Gasteiger partial charge in [-0.25, -0.2) is 4.79 Å². The highest BCUT2D eigenvalue weighted by Crippen LogP contribution is 2.26. The lowest BCUT2D eigenvalue weighted by Crippen LogP contribution is -2.61. The van der Waals surface area contributed by atoms with Crippen LogP contribution in [0.25, 0.3) is 0 Å². The topological polar surface area (TPSA) is 312 Å². The van der Waals surface area contributed by atoms with Crippen LogP contribution in [0.1, 0.15) is 63.1 Å². The van der Waals surface area contributed by atoms with Crippen molar-refractivity contribution in [2.45, 2.75) is 109 Å². The summed E-state index contributed by atoms with van der Waals surface area (Å²) in [7, 11) is 0. The molecule has 0 aromatic heterocycles. The summed E-state index contributed by atoms with van der Waals surface area (Å²) in [5.41, 5.74) is 6.38. The lowest BCUT2D eigenvalue weighted by atomic mass is 9.97. The van der Waals surface area contributed by atoms with E-state index in [1.807, 2.05) is 66.1 Å². The number of ether oxygens (including phenoxy) is 2. The van der Waals surface area contributed by atoms with Gasteiger partial charge in [0.05, 0.1) is 12.5 Å². The standard InChI is InChI=1S/C45H55N7O14/c1-4-26(2)35(49-45(64)65-25-30-18-12-7-13-19-30)41(60)46-31(20-21-33(54)55)39(58)48-36(27(3)53)42(61)47-32(22-34(56)57)40(59)50-51-43(62)37-38(66-37)44(63)52(23-28-14-8-5-9-15-28)24-29-16-10-6-11-17-29/h5-19,26-27,31-32,35-38,53H,4,20-25H2,1-3H3,(H,46,60)(H,47,61)(H,48,58)(H,49,64)(H,50,59)(H,51,62)(H,54,55)(H,56,57)/t26-,27+,31-,32-,35-,36-,37?,38?/m0/s1. The zero-order valence-electron chi connectivity index (χ0n) is 36.5. The summed E-state index contributed by atoms with van der Waals surface area (Å²) in [5, 5.41) is 38.7. The van der Waals surface area contributed by atoms with Gasteiger partial charge in [-0.15, -0.1) is 0 Å². The number of nitrogens with zero attached hydrogens (tertiary/aromatic N) is 1. The Labute approximate surface area is 379 Å². The van der Waals surface area contributed by atoms with Crippen molar-refractivity contribution in [2.24, 2.45) is 5.92 Å². The quantitative estimate of drug-likeness (QED) is 0.0441. The van der Waals surface area contributed by atoms with Gasteiger partial charge in [-0.2, -0.15) is 0 Å². The number of carboxylic acid groups (broad SMARTS) is 2. The van der Waals surface area contributed by atoms with Crippen molar-refractivity contribution in [1.29, 1.82) is 0 Å². The molecular weight excluding hydrogens is 863 g/mol. The third kappa shape index (κ3) is 16.3. The first-order valence-electron chi connectivity index (χ1n) is 21.1. The normalized spacial score (nSPS) is 16.5. The number of carbonyl (C=O) groups is 9. The maximum Gasteiger partial charge on any atom is 0.408 e. The third-order valence-corrected chi connectivity index (χ3v) is 10.4. The van der Waals surface area contributed by atoms with Gasteiger partial charge in [0.25, 0.3) is 17.7 Å². The number of nitrogens with one attached hydrogen (secondary N) is 6. The highest BCUT2D eigenvalue weighted by Gasteiger charge is 2.52. The van der Waals surface area contributed by atoms with Crippen molar-refractivity contribution >= 4 is 53.5 Å². The third-order valence-electron chi connectivity index (χ3n) is 10.4. The minimum Gasteiger partial charge on any atom is -0.481 e. The molecule has 1 heterocycles. The van der Waals surface area contributed by atoms with Gasteiger partial charge in [0.15, 0.2) is 12.2 Å². The van der Waals surface area contributed by atoms with Crippen molar-refractivity contribution in [3.63, 3.8) is 0 Å². The monoisotopic (exact) mass is 917 g/mol. The second-order valence-electron chi connectivity index (χ2n) is 15.6. The largest absolute Gasteiger partial charge is 0.481 e. The summed E-state index contributed by atoms with van der Waals surface area (Å²) in [6.07, 6.45) is -7.01. The lowest BCUT2D eigenvalue weighted by molar-refractivity contribution is -0.142. The van der Waals surface area contributed by atoms with Crippen molar-refractivity contribution in [1.82, 2.24) is 37.0 Å². The fraction of sp³-hybridized carbons (Fsp3) is 0.400. The molecule has 0 radical (unpaired) electrons. The average Bonchev–Trinajstić information content (AvgIpc) is 4.11. The first-order valence-corrected chi connectivity index (χ1v) is 21.1. The summed E-state index contributed by atoms with van der Waals surface area (Å²) >= 11 is 0. The maximum absolute atomic E-state index is 13.6. The number of hydrogen-bond donors (Lipinski definition) is 9. The number of alkyl carbamates (subject to hydrolysis) is 1. The Morgan fingerprint density at radius 1 is 0.636 bits per heavy atom. The number of benzene rings is 3. The number of aliphatic carboxylic acids is 2. The first kappa shape index (κ1) is 51.2. The summed E-state index contributed by atoms with van der Waals surface area (Å²) in [6, 6.07) is 20.2. The van der Waals surface area contributed by atoms with E-state index < -0.39 is 121 Å². The number of aliphatic hydroxyl groups is 1. The number of hydrazine groups is 1. The molecule has 8 atom stereocenters. The van der Waals surface area contributed by atoms with Crippen LogP contribution in [0.15, 0.2) is 91.0 Å². The van der Waals surface area contributed by atoms with E-state index in [2.05, 4.69) is 26.7 Å². The molecule has 0 spiro atoms. The molecule has 21 nitrogen and oxygen atoms in total. The minimum atomic E-state index is -1.91. The Hall–Kier alpha value is -7.39. The van der Waals surface area contributed by atoms with Crippen LogP contribution in [-0.4, -0.2) is 116 Å². The minimum absolute atomic E-state index is 0.111. The number of carbonyl (C=O) groups excluding carboxylic acids is 7. The van der Waals surface area contributed by atoms with Crippen molar-refractivity contribution in [3.8, 4) is 0 Å². The van der Waals surface area contributed by atoms with Gasteiger partial charge >= 0.3 is 18.0 Å². The number of carboxylic acids is 2. The second-order valence-corrected chi connectivity index (χ2v) is 15.6. The second kappa shape index (κ2) is 25.2. The van der Waals surface area contributed by atoms with Crippen LogP contribution in [0.3, 0.4) is 0 Å². The summed E-state index contributed by atoms with van der Waals surface area (Å²) in [6.45, 7) is 4.75. The van der Waals surface area contributed by atoms with Gasteiger partial charge in [0, 0.05) is 19.5 Å². The number of aliphatic hydroxyl groups excluding tert-OH is 1. The molecule has 1 fully saturated rings. The molecule has 1 aliphatic heterocycles. The van der Waals surface area contributed by atoms with Gasteiger partial charge in [-0.1, -0.05) is 111 Å². The molecule has 1 aliphatic rings. The van der Waals surface area contributed by atoms with Crippen molar-refractivity contribution in [3.05, 3.63) is 108 Å². The molecule has 4 rings (SSSR count). The molecule has 7 amide bonds. The van der Waals surface area contributed by atoms with Crippen molar-refractivity contribution in [2.75, 3.05) is 0 Å². The Morgan fingerprint density at radius 2 is 1.17 bits per heavy atom. The van der Waals surface area contributed by atoms with Gasteiger partial charge in [0.1, 0.15) is 30.8 Å². The zero-order chi connectivity index (χ0) is 48.3. The molecule has 2 unspecified atom stereocenters. The Kier molecular flexibility index (Phi) is 19.6. The number of amides is 7. The molecule has 9 N–H and O–H groups in total. The van der Waals surface area contributed by atoms with Crippen molar-refractivity contribution < 1.29 is 67.9 Å². The Balaban J connectivity index is 1.38. The summed E-state index contributed by atoms with van der Waals surface area (Å²) in [4.78, 5) is 118. The highest BCUT2D eigenvalue weighted by molar-refractivity contribution is 5.98.